The monoisotopic (exact) mass is 367 g/mol. The summed E-state index contributed by atoms with van der Waals surface area (Å²) in [5, 5.41) is 4.18. The van der Waals surface area contributed by atoms with E-state index in [4.69, 9.17) is 16.3 Å². The molecule has 1 N–H and O–H groups in total. The van der Waals surface area contributed by atoms with Crippen LogP contribution in [0.4, 0.5) is 5.69 Å². The molecule has 21 heavy (non-hydrogen) atoms. The van der Waals surface area contributed by atoms with Crippen molar-refractivity contribution in [1.29, 1.82) is 0 Å². The van der Waals surface area contributed by atoms with Gasteiger partial charge in [-0.05, 0) is 68.3 Å². The maximum absolute atomic E-state index is 6.03. The smallest absolute Gasteiger partial charge is 0.120 e. The van der Waals surface area contributed by atoms with Gasteiger partial charge in [0.15, 0.2) is 0 Å². The van der Waals surface area contributed by atoms with Crippen LogP contribution in [0.2, 0.25) is 5.02 Å². The number of hydrogen-bond donors (Lipinski definition) is 1. The Morgan fingerprint density at radius 2 is 1.95 bits per heavy atom. The van der Waals surface area contributed by atoms with Crippen molar-refractivity contribution >= 4 is 33.2 Å². The van der Waals surface area contributed by atoms with Gasteiger partial charge in [0.25, 0.3) is 0 Å². The van der Waals surface area contributed by atoms with Gasteiger partial charge in [0, 0.05) is 21.7 Å². The number of rotatable bonds is 5. The lowest BCUT2D eigenvalue weighted by Gasteiger charge is -2.14. The van der Waals surface area contributed by atoms with E-state index >= 15 is 0 Å². The molecule has 0 aliphatic heterocycles. The predicted octanol–water partition coefficient (Wildman–Crippen LogP) is 5.81. The minimum absolute atomic E-state index is 0.186. The van der Waals surface area contributed by atoms with Gasteiger partial charge in [-0.1, -0.05) is 27.5 Å². The van der Waals surface area contributed by atoms with Crippen molar-refractivity contribution < 1.29 is 4.74 Å². The number of halogens is 2. The van der Waals surface area contributed by atoms with E-state index in [1.54, 1.807) is 0 Å². The summed E-state index contributed by atoms with van der Waals surface area (Å²) < 4.78 is 6.75. The lowest BCUT2D eigenvalue weighted by molar-refractivity contribution is 0.242. The molecule has 2 rings (SSSR count). The van der Waals surface area contributed by atoms with Gasteiger partial charge in [0.1, 0.15) is 5.75 Å². The fourth-order valence-corrected chi connectivity index (χ4v) is 2.63. The zero-order chi connectivity index (χ0) is 15.4. The Morgan fingerprint density at radius 1 is 1.19 bits per heavy atom. The van der Waals surface area contributed by atoms with Crippen LogP contribution in [0.5, 0.6) is 5.75 Å². The molecule has 2 aromatic rings. The molecule has 112 valence electrons. The number of benzene rings is 2. The average Bonchev–Trinajstić information content (AvgIpc) is 2.41. The molecule has 0 spiro atoms. The first-order valence-electron chi connectivity index (χ1n) is 6.91. The third-order valence-electron chi connectivity index (χ3n) is 3.05. The number of anilines is 1. The van der Waals surface area contributed by atoms with E-state index in [9.17, 15) is 0 Å². The van der Waals surface area contributed by atoms with Gasteiger partial charge in [-0.15, -0.1) is 0 Å². The van der Waals surface area contributed by atoms with E-state index in [-0.39, 0.29) is 6.10 Å². The average molecular weight is 369 g/mol. The van der Waals surface area contributed by atoms with Gasteiger partial charge in [-0.25, -0.2) is 0 Å². The highest BCUT2D eigenvalue weighted by molar-refractivity contribution is 9.10. The minimum atomic E-state index is 0.186. The zero-order valence-corrected chi connectivity index (χ0v) is 14.8. The zero-order valence-electron chi connectivity index (χ0n) is 12.4. The molecule has 0 aliphatic carbocycles. The van der Waals surface area contributed by atoms with Crippen LogP contribution in [-0.2, 0) is 6.54 Å². The molecule has 0 amide bonds. The van der Waals surface area contributed by atoms with E-state index in [0.29, 0.717) is 6.54 Å². The van der Waals surface area contributed by atoms with Crippen LogP contribution < -0.4 is 10.1 Å². The Hall–Kier alpha value is -1.19. The quantitative estimate of drug-likeness (QED) is 0.719. The first-order valence-corrected chi connectivity index (χ1v) is 8.08. The molecule has 0 aromatic heterocycles. The van der Waals surface area contributed by atoms with Crippen molar-refractivity contribution in [2.24, 2.45) is 0 Å². The van der Waals surface area contributed by atoms with E-state index in [2.05, 4.69) is 34.2 Å². The second-order valence-electron chi connectivity index (χ2n) is 5.23. The molecule has 0 atom stereocenters. The molecule has 0 unspecified atom stereocenters. The highest BCUT2D eigenvalue weighted by atomic mass is 79.9. The summed E-state index contributed by atoms with van der Waals surface area (Å²) in [4.78, 5) is 0. The Balaban J connectivity index is 2.08. The first kappa shape index (κ1) is 16.2. The summed E-state index contributed by atoms with van der Waals surface area (Å²) >= 11 is 9.58. The molecular weight excluding hydrogens is 350 g/mol. The van der Waals surface area contributed by atoms with Crippen LogP contribution >= 0.6 is 27.5 Å². The van der Waals surface area contributed by atoms with Gasteiger partial charge in [-0.2, -0.15) is 0 Å². The van der Waals surface area contributed by atoms with E-state index < -0.39 is 0 Å². The number of nitrogens with one attached hydrogen (secondary N) is 1. The number of ether oxygens (including phenoxy) is 1. The van der Waals surface area contributed by atoms with Gasteiger partial charge in [0.2, 0.25) is 0 Å². The van der Waals surface area contributed by atoms with Crippen LogP contribution in [0, 0.1) is 6.92 Å². The largest absolute Gasteiger partial charge is 0.491 e. The molecule has 0 radical (unpaired) electrons. The summed E-state index contributed by atoms with van der Waals surface area (Å²) in [7, 11) is 0. The van der Waals surface area contributed by atoms with Gasteiger partial charge >= 0.3 is 0 Å². The topological polar surface area (TPSA) is 21.3 Å². The Kier molecular flexibility index (Phi) is 5.54. The molecule has 0 fully saturated rings. The van der Waals surface area contributed by atoms with Crippen molar-refractivity contribution in [2.75, 3.05) is 5.32 Å². The second kappa shape index (κ2) is 7.19. The maximum atomic E-state index is 6.03. The van der Waals surface area contributed by atoms with Gasteiger partial charge in [-0.3, -0.25) is 0 Å². The molecule has 0 aliphatic rings. The van der Waals surface area contributed by atoms with Crippen molar-refractivity contribution in [3.8, 4) is 5.75 Å². The molecule has 0 bridgehead atoms. The Morgan fingerprint density at radius 3 is 2.62 bits per heavy atom. The third kappa shape index (κ3) is 4.65. The third-order valence-corrected chi connectivity index (χ3v) is 4.06. The Bertz CT molecular complexity index is 628. The van der Waals surface area contributed by atoms with Crippen LogP contribution in [0.25, 0.3) is 0 Å². The molecule has 2 aromatic carbocycles. The van der Waals surface area contributed by atoms with Crippen LogP contribution in [0.1, 0.15) is 25.0 Å². The van der Waals surface area contributed by atoms with E-state index in [1.165, 1.54) is 0 Å². The SMILES string of the molecule is Cc1cc(OC(C)C)ccc1NCc1cc(Cl)ccc1Br. The van der Waals surface area contributed by atoms with E-state index in [1.807, 2.05) is 44.2 Å². The maximum Gasteiger partial charge on any atom is 0.120 e. The van der Waals surface area contributed by atoms with Gasteiger partial charge < -0.3 is 10.1 Å². The fraction of sp³-hybridized carbons (Fsp3) is 0.294. The summed E-state index contributed by atoms with van der Waals surface area (Å²) in [5.41, 5.74) is 3.38. The lowest BCUT2D eigenvalue weighted by atomic mass is 10.1. The van der Waals surface area contributed by atoms with Crippen molar-refractivity contribution in [3.63, 3.8) is 0 Å². The van der Waals surface area contributed by atoms with Crippen molar-refractivity contribution in [2.45, 2.75) is 33.4 Å². The number of aryl methyl sites for hydroxylation is 1. The highest BCUT2D eigenvalue weighted by Gasteiger charge is 2.05. The first-order chi connectivity index (χ1) is 9.95. The fourth-order valence-electron chi connectivity index (χ4n) is 2.05. The van der Waals surface area contributed by atoms with Crippen molar-refractivity contribution in [3.05, 3.63) is 57.0 Å². The normalized spacial score (nSPS) is 10.8. The molecule has 2 nitrogen and oxygen atoms in total. The van der Waals surface area contributed by atoms with E-state index in [0.717, 1.165) is 32.1 Å². The molecule has 0 saturated carbocycles. The minimum Gasteiger partial charge on any atom is -0.491 e. The summed E-state index contributed by atoms with van der Waals surface area (Å²) in [5.74, 6) is 0.900. The molecule has 0 saturated heterocycles. The predicted molar refractivity (Wildman–Crippen MR) is 93.4 cm³/mol. The Labute approximate surface area is 139 Å². The molecule has 0 heterocycles. The molecular formula is C17H19BrClNO. The summed E-state index contributed by atoms with van der Waals surface area (Å²) in [6, 6.07) is 11.9. The van der Waals surface area contributed by atoms with Crippen molar-refractivity contribution in [1.82, 2.24) is 0 Å². The lowest BCUT2D eigenvalue weighted by Crippen LogP contribution is -2.06. The number of hydrogen-bond acceptors (Lipinski definition) is 2. The highest BCUT2D eigenvalue weighted by Crippen LogP contribution is 2.25. The standard InChI is InChI=1S/C17H19BrClNO/c1-11(2)21-15-5-7-17(12(3)8-15)20-10-13-9-14(19)4-6-16(13)18/h4-9,11,20H,10H2,1-3H3. The summed E-state index contributed by atoms with van der Waals surface area (Å²) in [6.07, 6.45) is 0.186. The summed E-state index contributed by atoms with van der Waals surface area (Å²) in [6.45, 7) is 6.84. The van der Waals surface area contributed by atoms with Gasteiger partial charge in [0.05, 0.1) is 6.10 Å². The van der Waals surface area contributed by atoms with Crippen LogP contribution in [-0.4, -0.2) is 6.10 Å². The second-order valence-corrected chi connectivity index (χ2v) is 6.52. The van der Waals surface area contributed by atoms with Crippen LogP contribution in [0.15, 0.2) is 40.9 Å². The van der Waals surface area contributed by atoms with Crippen LogP contribution in [0.3, 0.4) is 0 Å². The molecule has 4 heteroatoms.